The Morgan fingerprint density at radius 1 is 1.03 bits per heavy atom. The average Bonchev–Trinajstić information content (AvgIpc) is 2.88. The summed E-state index contributed by atoms with van der Waals surface area (Å²) >= 11 is 6.47. The summed E-state index contributed by atoms with van der Waals surface area (Å²) in [5, 5.41) is 5.05. The number of urea groups is 1. The maximum absolute atomic E-state index is 13.3. The molecule has 9 nitrogen and oxygen atoms in total. The average molecular weight is 548 g/mol. The summed E-state index contributed by atoms with van der Waals surface area (Å²) < 4.78 is 11.3. The zero-order valence-corrected chi connectivity index (χ0v) is 22.3. The molecular weight excluding hydrogens is 522 g/mol. The van der Waals surface area contributed by atoms with Gasteiger partial charge in [-0.25, -0.2) is 9.69 Å². The first-order valence-electron chi connectivity index (χ1n) is 12.1. The maximum Gasteiger partial charge on any atom is 0.335 e. The molecule has 0 aliphatic carbocycles. The topological polar surface area (TPSA) is 114 Å². The summed E-state index contributed by atoms with van der Waals surface area (Å²) in [7, 11) is 0. The third-order valence-electron chi connectivity index (χ3n) is 5.78. The van der Waals surface area contributed by atoms with E-state index < -0.39 is 23.8 Å². The van der Waals surface area contributed by atoms with Crippen LogP contribution in [-0.4, -0.2) is 37.0 Å². The van der Waals surface area contributed by atoms with Crippen molar-refractivity contribution >= 4 is 52.8 Å². The van der Waals surface area contributed by atoms with Crippen LogP contribution in [0.2, 0.25) is 5.02 Å². The number of amides is 5. The number of halogens is 1. The van der Waals surface area contributed by atoms with Crippen molar-refractivity contribution < 1.29 is 28.7 Å². The molecule has 0 spiro atoms. The minimum absolute atomic E-state index is 0.103. The Labute approximate surface area is 230 Å². The van der Waals surface area contributed by atoms with Gasteiger partial charge < -0.3 is 14.8 Å². The molecule has 1 aliphatic heterocycles. The summed E-state index contributed by atoms with van der Waals surface area (Å²) in [4.78, 5) is 51.7. The van der Waals surface area contributed by atoms with E-state index in [0.717, 1.165) is 10.5 Å². The number of nitrogens with zero attached hydrogens (tertiary/aromatic N) is 1. The van der Waals surface area contributed by atoms with Gasteiger partial charge in [-0.15, -0.1) is 0 Å². The zero-order chi connectivity index (χ0) is 28.1. The second kappa shape index (κ2) is 11.8. The van der Waals surface area contributed by atoms with Crippen molar-refractivity contribution in [1.29, 1.82) is 0 Å². The smallest absolute Gasteiger partial charge is 0.335 e. The van der Waals surface area contributed by atoms with Gasteiger partial charge in [0, 0.05) is 5.69 Å². The molecular formula is C29H26ClN3O6. The van der Waals surface area contributed by atoms with E-state index >= 15 is 0 Å². The van der Waals surface area contributed by atoms with Gasteiger partial charge in [-0.05, 0) is 68.3 Å². The molecule has 1 aliphatic rings. The zero-order valence-electron chi connectivity index (χ0n) is 21.5. The van der Waals surface area contributed by atoms with E-state index in [1.165, 1.54) is 18.2 Å². The Kier molecular flexibility index (Phi) is 8.31. The van der Waals surface area contributed by atoms with Crippen LogP contribution in [0.1, 0.15) is 23.6 Å². The second-order valence-electron chi connectivity index (χ2n) is 8.71. The number of rotatable bonds is 8. The van der Waals surface area contributed by atoms with Gasteiger partial charge in [0.05, 0.1) is 17.3 Å². The highest BCUT2D eigenvalue weighted by molar-refractivity contribution is 6.39. The number of ether oxygens (including phenoxy) is 2. The van der Waals surface area contributed by atoms with E-state index in [2.05, 4.69) is 10.6 Å². The monoisotopic (exact) mass is 547 g/mol. The summed E-state index contributed by atoms with van der Waals surface area (Å²) in [6.45, 7) is 5.39. The number of imide groups is 2. The quantitative estimate of drug-likeness (QED) is 0.302. The molecule has 3 aromatic rings. The first-order valence-corrected chi connectivity index (χ1v) is 12.5. The highest BCUT2D eigenvalue weighted by Gasteiger charge is 2.37. The van der Waals surface area contributed by atoms with Crippen LogP contribution in [0.4, 0.5) is 16.2 Å². The van der Waals surface area contributed by atoms with Gasteiger partial charge in [-0.2, -0.15) is 0 Å². The number of barbiturate groups is 1. The lowest BCUT2D eigenvalue weighted by Gasteiger charge is -2.27. The van der Waals surface area contributed by atoms with Gasteiger partial charge >= 0.3 is 6.03 Å². The maximum atomic E-state index is 13.3. The van der Waals surface area contributed by atoms with Crippen molar-refractivity contribution in [3.63, 3.8) is 0 Å². The molecule has 4 rings (SSSR count). The Bertz CT molecular complexity index is 1480. The van der Waals surface area contributed by atoms with Crippen molar-refractivity contribution in [1.82, 2.24) is 5.32 Å². The molecule has 3 aromatic carbocycles. The lowest BCUT2D eigenvalue weighted by Crippen LogP contribution is -2.54. The van der Waals surface area contributed by atoms with Gasteiger partial charge in [0.2, 0.25) is 0 Å². The van der Waals surface area contributed by atoms with Crippen molar-refractivity contribution in [3.8, 4) is 11.5 Å². The molecule has 0 aromatic heterocycles. The number of nitrogens with one attached hydrogen (secondary N) is 2. The number of carbonyl (C=O) groups is 4. The van der Waals surface area contributed by atoms with Crippen molar-refractivity contribution in [2.24, 2.45) is 0 Å². The molecule has 5 amide bonds. The van der Waals surface area contributed by atoms with Crippen LogP contribution >= 0.6 is 11.6 Å². The Morgan fingerprint density at radius 3 is 2.44 bits per heavy atom. The molecule has 0 atom stereocenters. The highest BCUT2D eigenvalue weighted by Crippen LogP contribution is 2.37. The van der Waals surface area contributed by atoms with Crippen molar-refractivity contribution in [3.05, 3.63) is 87.9 Å². The minimum Gasteiger partial charge on any atom is -0.490 e. The van der Waals surface area contributed by atoms with E-state index in [1.807, 2.05) is 19.1 Å². The van der Waals surface area contributed by atoms with Gasteiger partial charge in [0.15, 0.2) is 18.1 Å². The predicted octanol–water partition coefficient (Wildman–Crippen LogP) is 5.04. The van der Waals surface area contributed by atoms with E-state index in [0.29, 0.717) is 22.5 Å². The number of anilines is 2. The molecule has 39 heavy (non-hydrogen) atoms. The molecule has 0 radical (unpaired) electrons. The number of hydrogen-bond donors (Lipinski definition) is 2. The third kappa shape index (κ3) is 6.27. The summed E-state index contributed by atoms with van der Waals surface area (Å²) in [5.41, 5.74) is 2.83. The first-order chi connectivity index (χ1) is 18.7. The summed E-state index contributed by atoms with van der Waals surface area (Å²) in [6.07, 6.45) is 1.32. The Hall–Kier alpha value is -4.63. The molecule has 0 bridgehead atoms. The molecule has 200 valence electrons. The highest BCUT2D eigenvalue weighted by atomic mass is 35.5. The number of para-hydroxylation sites is 1. The van der Waals surface area contributed by atoms with Crippen molar-refractivity contribution in [2.45, 2.75) is 20.8 Å². The minimum atomic E-state index is -0.836. The largest absolute Gasteiger partial charge is 0.490 e. The van der Waals surface area contributed by atoms with Gasteiger partial charge in [-0.1, -0.05) is 47.5 Å². The summed E-state index contributed by atoms with van der Waals surface area (Å²) in [5.74, 6) is -1.65. The Balaban J connectivity index is 1.58. The van der Waals surface area contributed by atoms with Crippen LogP contribution < -0.4 is 25.0 Å². The number of aryl methyl sites for hydroxylation is 2. The van der Waals surface area contributed by atoms with E-state index in [4.69, 9.17) is 21.1 Å². The SMILES string of the molecule is CCOc1cc(/C=C2\C(=O)NC(=O)N(c3ccccc3C)C2=O)cc(Cl)c1OCC(=O)Nc1ccc(C)cc1. The second-order valence-corrected chi connectivity index (χ2v) is 9.12. The molecule has 2 N–H and O–H groups in total. The van der Waals surface area contributed by atoms with E-state index in [1.54, 1.807) is 50.2 Å². The first kappa shape index (κ1) is 27.4. The van der Waals surface area contributed by atoms with Crippen LogP contribution in [0, 0.1) is 13.8 Å². The van der Waals surface area contributed by atoms with Crippen LogP contribution in [0.15, 0.2) is 66.2 Å². The molecule has 0 saturated carbocycles. The van der Waals surface area contributed by atoms with Crippen LogP contribution in [-0.2, 0) is 14.4 Å². The van der Waals surface area contributed by atoms with Gasteiger partial charge in [0.1, 0.15) is 5.57 Å². The molecule has 1 heterocycles. The molecule has 1 saturated heterocycles. The van der Waals surface area contributed by atoms with Crippen molar-refractivity contribution in [2.75, 3.05) is 23.4 Å². The van der Waals surface area contributed by atoms with Crippen LogP contribution in [0.25, 0.3) is 6.08 Å². The van der Waals surface area contributed by atoms with E-state index in [-0.39, 0.29) is 35.3 Å². The fourth-order valence-corrected chi connectivity index (χ4v) is 4.18. The molecule has 1 fully saturated rings. The molecule has 10 heteroatoms. The fourth-order valence-electron chi connectivity index (χ4n) is 3.90. The lowest BCUT2D eigenvalue weighted by molar-refractivity contribution is -0.122. The number of carbonyl (C=O) groups excluding carboxylic acids is 4. The third-order valence-corrected chi connectivity index (χ3v) is 6.06. The number of benzene rings is 3. The van der Waals surface area contributed by atoms with Crippen LogP contribution in [0.5, 0.6) is 11.5 Å². The number of hydrogen-bond acceptors (Lipinski definition) is 6. The fraction of sp³-hybridized carbons (Fsp3) is 0.172. The van der Waals surface area contributed by atoms with Crippen LogP contribution in [0.3, 0.4) is 0 Å². The lowest BCUT2D eigenvalue weighted by atomic mass is 10.1. The predicted molar refractivity (Wildman–Crippen MR) is 148 cm³/mol. The normalized spacial score (nSPS) is 14.3. The van der Waals surface area contributed by atoms with E-state index in [9.17, 15) is 19.2 Å². The van der Waals surface area contributed by atoms with Gasteiger partial charge in [-0.3, -0.25) is 19.7 Å². The summed E-state index contributed by atoms with van der Waals surface area (Å²) in [6, 6.07) is 16.3. The standard InChI is InChI=1S/C29H26ClN3O6/c1-4-38-24-15-19(14-22(30)26(24)39-16-25(34)31-20-11-9-17(2)10-12-20)13-21-27(35)32-29(37)33(28(21)36)23-8-6-5-7-18(23)3/h5-15H,4,16H2,1-3H3,(H,31,34)(H,32,35,37)/b21-13+. The van der Waals surface area contributed by atoms with Gasteiger partial charge in [0.25, 0.3) is 17.7 Å². The molecule has 0 unspecified atom stereocenters. The Morgan fingerprint density at radius 2 is 1.74 bits per heavy atom.